The molecule has 1 atom stereocenters. The topological polar surface area (TPSA) is 221 Å². The Labute approximate surface area is 350 Å². The van der Waals surface area contributed by atoms with E-state index in [4.69, 9.17) is 14.2 Å². The summed E-state index contributed by atoms with van der Waals surface area (Å²) in [5, 5.41) is 10.9. The van der Waals surface area contributed by atoms with Crippen LogP contribution in [0.4, 0.5) is 21.5 Å². The summed E-state index contributed by atoms with van der Waals surface area (Å²) in [5.74, 6) is -3.26. The maximum absolute atomic E-state index is 13.8. The molecule has 1 unspecified atom stereocenters. The van der Waals surface area contributed by atoms with Crippen molar-refractivity contribution in [2.75, 3.05) is 94.9 Å². The number of amides is 7. The lowest BCUT2D eigenvalue weighted by Crippen LogP contribution is -2.54. The monoisotopic (exact) mass is 842 g/mol. The number of piperazine rings is 1. The fraction of sp³-hybridized carbons (Fsp3) is 0.405. The molecule has 1 aromatic heterocycles. The molecular formula is C42H47FN8O10. The Bertz CT molecular complexity index is 2250. The van der Waals surface area contributed by atoms with E-state index in [2.05, 4.69) is 26.3 Å². The highest BCUT2D eigenvalue weighted by molar-refractivity contribution is 6.35. The minimum atomic E-state index is -1.04. The molecular weight excluding hydrogens is 796 g/mol. The van der Waals surface area contributed by atoms with Gasteiger partial charge >= 0.3 is 0 Å². The first-order chi connectivity index (χ1) is 29.5. The Morgan fingerprint density at radius 2 is 1.61 bits per heavy atom. The molecule has 18 nitrogen and oxygen atoms in total. The first kappa shape index (κ1) is 42.8. The molecule has 7 amide bonds. The smallest absolute Gasteiger partial charge is 0.264 e. The minimum absolute atomic E-state index is 0.0269. The van der Waals surface area contributed by atoms with Crippen molar-refractivity contribution < 1.29 is 52.2 Å². The SMILES string of the molecule is Cc1c(NC(=O)CN2CCN(C(=O)CCOCCOCCOCCNc3cccc4c3C(=O)N(C3CCC(=O)NC3=O)C4=O)CC2)c[nH]c1/C=C1\C(=O)Nc2ccc(F)cc21. The number of anilines is 3. The second-order valence-corrected chi connectivity index (χ2v) is 14.8. The van der Waals surface area contributed by atoms with Gasteiger partial charge in [0.05, 0.1) is 75.0 Å². The van der Waals surface area contributed by atoms with Crippen molar-refractivity contribution >= 4 is 70.1 Å². The van der Waals surface area contributed by atoms with E-state index >= 15 is 0 Å². The van der Waals surface area contributed by atoms with Crippen LogP contribution in [0.25, 0.3) is 11.6 Å². The molecule has 0 bridgehead atoms. The summed E-state index contributed by atoms with van der Waals surface area (Å²) in [6.07, 6.45) is 3.65. The highest BCUT2D eigenvalue weighted by Crippen LogP contribution is 2.35. The zero-order valence-electron chi connectivity index (χ0n) is 33.6. The number of nitrogens with one attached hydrogen (secondary N) is 5. The van der Waals surface area contributed by atoms with E-state index in [1.54, 1.807) is 29.3 Å². The average Bonchev–Trinajstić information content (AvgIpc) is 3.83. The zero-order valence-corrected chi connectivity index (χ0v) is 33.6. The normalized spacial score (nSPS) is 18.4. The molecule has 322 valence electrons. The number of imide groups is 2. The predicted molar refractivity (Wildman–Crippen MR) is 219 cm³/mol. The number of aromatic nitrogens is 1. The molecule has 2 aromatic carbocycles. The van der Waals surface area contributed by atoms with E-state index in [1.165, 1.54) is 24.3 Å². The zero-order chi connectivity index (χ0) is 43.0. The molecule has 0 saturated carbocycles. The molecule has 5 heterocycles. The number of H-pyrrole nitrogens is 1. The van der Waals surface area contributed by atoms with Gasteiger partial charge in [0.1, 0.15) is 11.9 Å². The van der Waals surface area contributed by atoms with Crippen LogP contribution in [0.2, 0.25) is 0 Å². The number of carbonyl (C=O) groups excluding carboxylic acids is 7. The highest BCUT2D eigenvalue weighted by Gasteiger charge is 2.45. The number of rotatable bonds is 18. The Kier molecular flexibility index (Phi) is 13.6. The second-order valence-electron chi connectivity index (χ2n) is 14.8. The van der Waals surface area contributed by atoms with E-state index < -0.39 is 35.5 Å². The number of hydrogen-bond donors (Lipinski definition) is 5. The van der Waals surface area contributed by atoms with Crippen LogP contribution in [-0.4, -0.2) is 146 Å². The number of carbonyl (C=O) groups is 7. The Morgan fingerprint density at radius 3 is 2.36 bits per heavy atom. The molecule has 7 rings (SSSR count). The Morgan fingerprint density at radius 1 is 0.869 bits per heavy atom. The van der Waals surface area contributed by atoms with Crippen molar-refractivity contribution in [3.63, 3.8) is 0 Å². The van der Waals surface area contributed by atoms with Crippen molar-refractivity contribution in [3.8, 4) is 0 Å². The second kappa shape index (κ2) is 19.4. The van der Waals surface area contributed by atoms with Crippen molar-refractivity contribution in [3.05, 3.63) is 76.4 Å². The van der Waals surface area contributed by atoms with Crippen molar-refractivity contribution in [1.82, 2.24) is 25.0 Å². The van der Waals surface area contributed by atoms with Gasteiger partial charge in [-0.05, 0) is 55.3 Å². The van der Waals surface area contributed by atoms with Crippen LogP contribution in [-0.2, 0) is 38.2 Å². The summed E-state index contributed by atoms with van der Waals surface area (Å²) in [4.78, 5) is 96.0. The van der Waals surface area contributed by atoms with Crippen LogP contribution in [0.1, 0.15) is 56.8 Å². The van der Waals surface area contributed by atoms with Gasteiger partial charge in [-0.3, -0.25) is 48.7 Å². The molecule has 4 aliphatic rings. The first-order valence-electron chi connectivity index (χ1n) is 20.1. The first-order valence-corrected chi connectivity index (χ1v) is 20.1. The number of aromatic amines is 1. The molecule has 0 radical (unpaired) electrons. The molecule has 5 N–H and O–H groups in total. The molecule has 2 saturated heterocycles. The van der Waals surface area contributed by atoms with E-state index in [0.29, 0.717) is 99.7 Å². The van der Waals surface area contributed by atoms with E-state index in [9.17, 15) is 38.0 Å². The third-order valence-corrected chi connectivity index (χ3v) is 10.8. The summed E-state index contributed by atoms with van der Waals surface area (Å²) in [7, 11) is 0. The number of piperidine rings is 1. The summed E-state index contributed by atoms with van der Waals surface area (Å²) >= 11 is 0. The summed E-state index contributed by atoms with van der Waals surface area (Å²) in [6, 6.07) is 7.94. The van der Waals surface area contributed by atoms with Crippen LogP contribution < -0.4 is 21.3 Å². The molecule has 19 heteroatoms. The molecule has 61 heavy (non-hydrogen) atoms. The number of hydrogen-bond acceptors (Lipinski definition) is 12. The maximum atomic E-state index is 13.8. The standard InChI is InChI=1S/C42H47FN8O10/c1-25-32(22-29-28-21-26(43)5-6-30(28)47-39(29)55)45-23-33(25)46-36(53)24-49-11-13-50(14-12-49)37(54)9-15-59-17-19-61-20-18-60-16-10-44-31-4-2-3-27-38(31)42(58)51(41(27)57)34-7-8-35(52)48-40(34)56/h2-6,21-23,34,44-45H,7-20,24H2,1H3,(H,46,53)(H,47,55)(H,48,52,56)/b29-22-. The molecule has 3 aromatic rings. The van der Waals surface area contributed by atoms with Crippen LogP contribution in [0, 0.1) is 12.7 Å². The highest BCUT2D eigenvalue weighted by atomic mass is 19.1. The lowest BCUT2D eigenvalue weighted by molar-refractivity contribution is -0.136. The average molecular weight is 843 g/mol. The van der Waals surface area contributed by atoms with Crippen molar-refractivity contribution in [1.29, 1.82) is 0 Å². The van der Waals surface area contributed by atoms with Gasteiger partial charge < -0.3 is 40.0 Å². The van der Waals surface area contributed by atoms with Crippen LogP contribution in [0.15, 0.2) is 42.6 Å². The number of halogens is 1. The van der Waals surface area contributed by atoms with Gasteiger partial charge in [0.15, 0.2) is 0 Å². The van der Waals surface area contributed by atoms with E-state index in [-0.39, 0.29) is 61.3 Å². The van der Waals surface area contributed by atoms with Crippen LogP contribution >= 0.6 is 0 Å². The van der Waals surface area contributed by atoms with E-state index in [1.807, 2.05) is 11.8 Å². The van der Waals surface area contributed by atoms with Crippen molar-refractivity contribution in [2.24, 2.45) is 0 Å². The molecule has 0 aliphatic carbocycles. The third kappa shape index (κ3) is 10.0. The van der Waals surface area contributed by atoms with Gasteiger partial charge in [-0.25, -0.2) is 4.39 Å². The lowest BCUT2D eigenvalue weighted by atomic mass is 10.0. The van der Waals surface area contributed by atoms with Gasteiger partial charge in [-0.15, -0.1) is 0 Å². The summed E-state index contributed by atoms with van der Waals surface area (Å²) in [6.45, 7) is 6.18. The van der Waals surface area contributed by atoms with Gasteiger partial charge in [-0.1, -0.05) is 6.07 Å². The molecule has 0 spiro atoms. The van der Waals surface area contributed by atoms with E-state index in [0.717, 1.165) is 10.5 Å². The number of fused-ring (bicyclic) bond motifs is 2. The lowest BCUT2D eigenvalue weighted by Gasteiger charge is -2.34. The van der Waals surface area contributed by atoms with Crippen LogP contribution in [0.5, 0.6) is 0 Å². The van der Waals surface area contributed by atoms with Gasteiger partial charge in [0, 0.05) is 68.0 Å². The number of ether oxygens (including phenoxy) is 3. The van der Waals surface area contributed by atoms with Gasteiger partial charge in [0.2, 0.25) is 23.6 Å². The van der Waals surface area contributed by atoms with Gasteiger partial charge in [0.25, 0.3) is 17.7 Å². The number of nitrogens with zero attached hydrogens (tertiary/aromatic N) is 3. The largest absolute Gasteiger partial charge is 0.382 e. The van der Waals surface area contributed by atoms with Gasteiger partial charge in [-0.2, -0.15) is 0 Å². The fourth-order valence-electron chi connectivity index (χ4n) is 7.57. The predicted octanol–water partition coefficient (Wildman–Crippen LogP) is 1.99. The summed E-state index contributed by atoms with van der Waals surface area (Å²) in [5.41, 5.74) is 4.09. The van der Waals surface area contributed by atoms with Crippen LogP contribution in [0.3, 0.4) is 0 Å². The summed E-state index contributed by atoms with van der Waals surface area (Å²) < 4.78 is 30.6. The number of benzene rings is 2. The fourth-order valence-corrected chi connectivity index (χ4v) is 7.57. The third-order valence-electron chi connectivity index (χ3n) is 10.8. The molecule has 2 fully saturated rings. The Balaban J connectivity index is 0.716. The minimum Gasteiger partial charge on any atom is -0.382 e. The Hall–Kier alpha value is -6.28. The van der Waals surface area contributed by atoms with Crippen molar-refractivity contribution in [2.45, 2.75) is 32.2 Å². The maximum Gasteiger partial charge on any atom is 0.264 e. The molecule has 4 aliphatic heterocycles. The quantitative estimate of drug-likeness (QED) is 0.0706.